The zero-order chi connectivity index (χ0) is 16.1. The van der Waals surface area contributed by atoms with Gasteiger partial charge in [-0.2, -0.15) is 0 Å². The lowest BCUT2D eigenvalue weighted by Crippen LogP contribution is -2.21. The number of aryl methyl sites for hydroxylation is 3. The molecule has 0 fully saturated rings. The highest BCUT2D eigenvalue weighted by molar-refractivity contribution is 5.96. The van der Waals surface area contributed by atoms with Gasteiger partial charge in [-0.1, -0.05) is 35.9 Å². The number of rotatable bonds is 4. The van der Waals surface area contributed by atoms with Crippen LogP contribution in [-0.2, 0) is 9.53 Å². The Morgan fingerprint density at radius 3 is 2.45 bits per heavy atom. The van der Waals surface area contributed by atoms with Crippen molar-refractivity contribution in [2.24, 2.45) is 0 Å². The fourth-order valence-corrected chi connectivity index (χ4v) is 2.06. The molecule has 0 radical (unpaired) electrons. The highest BCUT2D eigenvalue weighted by Crippen LogP contribution is 2.14. The second-order valence-corrected chi connectivity index (χ2v) is 5.26. The number of carbonyl (C=O) groups excluding carboxylic acids is 2. The van der Waals surface area contributed by atoms with Crippen LogP contribution in [0.25, 0.3) is 0 Å². The monoisotopic (exact) mass is 297 g/mol. The lowest BCUT2D eigenvalue weighted by atomic mass is 10.1. The first-order valence-corrected chi connectivity index (χ1v) is 7.07. The number of amides is 1. The number of benzene rings is 2. The summed E-state index contributed by atoms with van der Waals surface area (Å²) in [6, 6.07) is 13.0. The van der Waals surface area contributed by atoms with Crippen LogP contribution in [0.1, 0.15) is 27.0 Å². The van der Waals surface area contributed by atoms with Gasteiger partial charge in [-0.05, 0) is 44.0 Å². The van der Waals surface area contributed by atoms with Gasteiger partial charge in [0.15, 0.2) is 6.61 Å². The smallest absolute Gasteiger partial charge is 0.338 e. The van der Waals surface area contributed by atoms with Crippen LogP contribution in [-0.4, -0.2) is 18.5 Å². The van der Waals surface area contributed by atoms with E-state index in [4.69, 9.17) is 4.74 Å². The summed E-state index contributed by atoms with van der Waals surface area (Å²) in [7, 11) is 0. The average Bonchev–Trinajstić information content (AvgIpc) is 2.49. The fraction of sp³-hybridized carbons (Fsp3) is 0.222. The molecule has 4 heteroatoms. The zero-order valence-corrected chi connectivity index (χ0v) is 13.0. The molecule has 2 aromatic carbocycles. The first kappa shape index (κ1) is 15.8. The predicted octanol–water partition coefficient (Wildman–Crippen LogP) is 3.41. The number of para-hydroxylation sites is 1. The molecule has 2 aromatic rings. The Morgan fingerprint density at radius 2 is 1.73 bits per heavy atom. The quantitative estimate of drug-likeness (QED) is 0.880. The van der Waals surface area contributed by atoms with Crippen molar-refractivity contribution in [3.63, 3.8) is 0 Å². The second-order valence-electron chi connectivity index (χ2n) is 5.26. The molecule has 0 unspecified atom stereocenters. The third-order valence-corrected chi connectivity index (χ3v) is 3.37. The Morgan fingerprint density at radius 1 is 1.00 bits per heavy atom. The van der Waals surface area contributed by atoms with Crippen LogP contribution in [0.4, 0.5) is 5.69 Å². The van der Waals surface area contributed by atoms with E-state index in [1.54, 1.807) is 12.1 Å². The molecule has 0 aliphatic rings. The Kier molecular flexibility index (Phi) is 4.94. The molecule has 0 aromatic heterocycles. The highest BCUT2D eigenvalue weighted by atomic mass is 16.5. The molecule has 0 aliphatic carbocycles. The molecule has 0 heterocycles. The fourth-order valence-electron chi connectivity index (χ4n) is 2.06. The number of nitrogens with one attached hydrogen (secondary N) is 1. The van der Waals surface area contributed by atoms with Gasteiger partial charge in [-0.25, -0.2) is 4.79 Å². The van der Waals surface area contributed by atoms with Gasteiger partial charge >= 0.3 is 5.97 Å². The van der Waals surface area contributed by atoms with Gasteiger partial charge in [0.25, 0.3) is 5.91 Å². The summed E-state index contributed by atoms with van der Waals surface area (Å²) >= 11 is 0. The summed E-state index contributed by atoms with van der Waals surface area (Å²) in [4.78, 5) is 23.9. The van der Waals surface area contributed by atoms with Gasteiger partial charge < -0.3 is 10.1 Å². The summed E-state index contributed by atoms with van der Waals surface area (Å²) < 4.78 is 5.09. The molecule has 22 heavy (non-hydrogen) atoms. The maximum absolute atomic E-state index is 12.0. The Hall–Kier alpha value is -2.62. The summed E-state index contributed by atoms with van der Waals surface area (Å²) in [6.07, 6.45) is 0. The number of esters is 1. The number of carbonyl (C=O) groups is 2. The van der Waals surface area contributed by atoms with Gasteiger partial charge in [0, 0.05) is 5.69 Å². The van der Waals surface area contributed by atoms with Crippen molar-refractivity contribution in [3.05, 3.63) is 64.7 Å². The molecule has 0 aliphatic heterocycles. The van der Waals surface area contributed by atoms with Crippen molar-refractivity contribution < 1.29 is 14.3 Å². The zero-order valence-electron chi connectivity index (χ0n) is 13.0. The number of anilines is 1. The van der Waals surface area contributed by atoms with E-state index in [1.165, 1.54) is 0 Å². The summed E-state index contributed by atoms with van der Waals surface area (Å²) in [5.74, 6) is -0.839. The van der Waals surface area contributed by atoms with E-state index < -0.39 is 5.97 Å². The third kappa shape index (κ3) is 3.95. The van der Waals surface area contributed by atoms with Crippen LogP contribution in [0.3, 0.4) is 0 Å². The average molecular weight is 297 g/mol. The minimum atomic E-state index is -0.485. The minimum Gasteiger partial charge on any atom is -0.452 e. The Labute approximate surface area is 130 Å². The van der Waals surface area contributed by atoms with Crippen LogP contribution in [0.5, 0.6) is 0 Å². The Balaban J connectivity index is 1.95. The van der Waals surface area contributed by atoms with E-state index in [0.717, 1.165) is 22.4 Å². The molecule has 0 saturated heterocycles. The first-order valence-electron chi connectivity index (χ1n) is 7.07. The van der Waals surface area contributed by atoms with Crippen LogP contribution < -0.4 is 5.32 Å². The van der Waals surface area contributed by atoms with E-state index in [9.17, 15) is 9.59 Å². The summed E-state index contributed by atoms with van der Waals surface area (Å²) in [5, 5.41) is 2.73. The molecule has 2 rings (SSSR count). The molecule has 1 amide bonds. The van der Waals surface area contributed by atoms with Gasteiger partial charge in [-0.3, -0.25) is 4.79 Å². The van der Waals surface area contributed by atoms with E-state index in [0.29, 0.717) is 5.56 Å². The van der Waals surface area contributed by atoms with Crippen LogP contribution in [0.15, 0.2) is 42.5 Å². The van der Waals surface area contributed by atoms with Gasteiger partial charge in [-0.15, -0.1) is 0 Å². The number of hydrogen-bond donors (Lipinski definition) is 1. The number of hydrogen-bond acceptors (Lipinski definition) is 3. The SMILES string of the molecule is Cc1ccc(C)c(C(=O)OCC(=O)Nc2ccccc2C)c1. The molecule has 0 atom stereocenters. The molecule has 0 bridgehead atoms. The molecular formula is C18H19NO3. The molecule has 1 N–H and O–H groups in total. The maximum Gasteiger partial charge on any atom is 0.338 e. The lowest BCUT2D eigenvalue weighted by molar-refractivity contribution is -0.119. The van der Waals surface area contributed by atoms with Crippen molar-refractivity contribution >= 4 is 17.6 Å². The van der Waals surface area contributed by atoms with Crippen LogP contribution in [0.2, 0.25) is 0 Å². The highest BCUT2D eigenvalue weighted by Gasteiger charge is 2.13. The van der Waals surface area contributed by atoms with Crippen LogP contribution in [0, 0.1) is 20.8 Å². The van der Waals surface area contributed by atoms with Crippen LogP contribution >= 0.6 is 0 Å². The topological polar surface area (TPSA) is 55.4 Å². The second kappa shape index (κ2) is 6.89. The maximum atomic E-state index is 12.0. The largest absolute Gasteiger partial charge is 0.452 e. The lowest BCUT2D eigenvalue weighted by Gasteiger charge is -2.10. The van der Waals surface area contributed by atoms with E-state index in [1.807, 2.05) is 51.1 Å². The molecule has 0 saturated carbocycles. The van der Waals surface area contributed by atoms with E-state index >= 15 is 0 Å². The van der Waals surface area contributed by atoms with Crippen molar-refractivity contribution in [1.82, 2.24) is 0 Å². The Bertz CT molecular complexity index is 707. The minimum absolute atomic E-state index is 0.305. The standard InChI is InChI=1S/C18H19NO3/c1-12-8-9-13(2)15(10-12)18(21)22-11-17(20)19-16-7-5-4-6-14(16)3/h4-10H,11H2,1-3H3,(H,19,20). The van der Waals surface area contributed by atoms with E-state index in [-0.39, 0.29) is 12.5 Å². The van der Waals surface area contributed by atoms with Crippen molar-refractivity contribution in [2.45, 2.75) is 20.8 Å². The van der Waals surface area contributed by atoms with E-state index in [2.05, 4.69) is 5.32 Å². The normalized spacial score (nSPS) is 10.1. The number of ether oxygens (including phenoxy) is 1. The van der Waals surface area contributed by atoms with Crippen molar-refractivity contribution in [3.8, 4) is 0 Å². The van der Waals surface area contributed by atoms with Crippen molar-refractivity contribution in [1.29, 1.82) is 0 Å². The molecular weight excluding hydrogens is 278 g/mol. The molecule has 114 valence electrons. The van der Waals surface area contributed by atoms with Gasteiger partial charge in [0.05, 0.1) is 5.56 Å². The summed E-state index contributed by atoms with van der Waals surface area (Å²) in [6.45, 7) is 5.34. The van der Waals surface area contributed by atoms with Gasteiger partial charge in [0.1, 0.15) is 0 Å². The molecule has 4 nitrogen and oxygen atoms in total. The summed E-state index contributed by atoms with van der Waals surface area (Å²) in [5.41, 5.74) is 3.97. The predicted molar refractivity (Wildman–Crippen MR) is 86.0 cm³/mol. The first-order chi connectivity index (χ1) is 10.5. The third-order valence-electron chi connectivity index (χ3n) is 3.37. The molecule has 0 spiro atoms. The van der Waals surface area contributed by atoms with Gasteiger partial charge in [0.2, 0.25) is 0 Å². The van der Waals surface area contributed by atoms with Crippen molar-refractivity contribution in [2.75, 3.05) is 11.9 Å².